The van der Waals surface area contributed by atoms with Crippen LogP contribution < -0.4 is 9.64 Å². The van der Waals surface area contributed by atoms with Crippen LogP contribution in [0.25, 0.3) is 11.3 Å². The molecule has 0 spiro atoms. The van der Waals surface area contributed by atoms with Crippen molar-refractivity contribution < 1.29 is 23.1 Å². The summed E-state index contributed by atoms with van der Waals surface area (Å²) < 4.78 is 33.2. The normalized spacial score (nSPS) is 13.4. The van der Waals surface area contributed by atoms with Gasteiger partial charge in [-0.3, -0.25) is 9.59 Å². The van der Waals surface area contributed by atoms with E-state index in [0.29, 0.717) is 44.0 Å². The van der Waals surface area contributed by atoms with Crippen LogP contribution in [-0.4, -0.2) is 71.6 Å². The van der Waals surface area contributed by atoms with Gasteiger partial charge >= 0.3 is 0 Å². The quantitative estimate of drug-likeness (QED) is 0.302. The Bertz CT molecular complexity index is 1530. The van der Waals surface area contributed by atoms with Crippen LogP contribution >= 0.6 is 0 Å². The Morgan fingerprint density at radius 1 is 0.881 bits per heavy atom. The Kier molecular flexibility index (Phi) is 9.01. The van der Waals surface area contributed by atoms with E-state index in [1.807, 2.05) is 36.4 Å². The Hall–Kier alpha value is -4.86. The van der Waals surface area contributed by atoms with Crippen LogP contribution in [0.5, 0.6) is 5.75 Å². The third-order valence-electron chi connectivity index (χ3n) is 7.19. The number of halogens is 2. The van der Waals surface area contributed by atoms with Gasteiger partial charge < -0.3 is 19.4 Å². The monoisotopic (exact) mass is 571 g/mol. The lowest BCUT2D eigenvalue weighted by molar-refractivity contribution is -0.131. The van der Waals surface area contributed by atoms with Crippen molar-refractivity contribution in [1.29, 1.82) is 0 Å². The summed E-state index contributed by atoms with van der Waals surface area (Å²) in [5.74, 6) is -0.471. The van der Waals surface area contributed by atoms with Crippen LogP contribution in [0, 0.1) is 11.6 Å². The van der Waals surface area contributed by atoms with Crippen molar-refractivity contribution >= 4 is 17.6 Å². The van der Waals surface area contributed by atoms with E-state index < -0.39 is 17.5 Å². The minimum absolute atomic E-state index is 0.0361. The highest BCUT2D eigenvalue weighted by molar-refractivity contribution is 5.96. The summed E-state index contributed by atoms with van der Waals surface area (Å²) in [5.41, 5.74) is 2.14. The number of anilines is 1. The highest BCUT2D eigenvalue weighted by atomic mass is 19.1. The predicted molar refractivity (Wildman–Crippen MR) is 155 cm³/mol. The Balaban J connectivity index is 1.26. The van der Waals surface area contributed by atoms with Crippen LogP contribution in [0.4, 0.5) is 14.6 Å². The fourth-order valence-corrected chi connectivity index (χ4v) is 4.90. The maximum atomic E-state index is 14.5. The zero-order valence-corrected chi connectivity index (χ0v) is 23.2. The lowest BCUT2D eigenvalue weighted by atomic mass is 10.1. The molecule has 4 aromatic rings. The number of carbonyl (C=O) groups excluding carboxylic acids is 2. The molecule has 0 aliphatic carbocycles. The van der Waals surface area contributed by atoms with Gasteiger partial charge in [0, 0.05) is 38.3 Å². The largest absolute Gasteiger partial charge is 0.497 e. The maximum Gasteiger partial charge on any atom is 0.257 e. The molecule has 10 heteroatoms. The number of methoxy groups -OCH3 is 1. The lowest BCUT2D eigenvalue weighted by Gasteiger charge is -2.27. The van der Waals surface area contributed by atoms with E-state index in [9.17, 15) is 18.4 Å². The third-order valence-corrected chi connectivity index (χ3v) is 7.19. The second-order valence-corrected chi connectivity index (χ2v) is 10.00. The summed E-state index contributed by atoms with van der Waals surface area (Å²) >= 11 is 0. The second kappa shape index (κ2) is 13.2. The number of amides is 2. The van der Waals surface area contributed by atoms with E-state index in [-0.39, 0.29) is 24.6 Å². The summed E-state index contributed by atoms with van der Waals surface area (Å²) in [6.45, 7) is 1.95. The molecule has 8 nitrogen and oxygen atoms in total. The fourth-order valence-electron chi connectivity index (χ4n) is 4.90. The molecule has 1 fully saturated rings. The van der Waals surface area contributed by atoms with Crippen LogP contribution in [0.15, 0.2) is 84.9 Å². The fraction of sp³-hybridized carbons (Fsp3) is 0.250. The van der Waals surface area contributed by atoms with Crippen molar-refractivity contribution in [3.8, 4) is 17.0 Å². The summed E-state index contributed by atoms with van der Waals surface area (Å²) in [5, 5.41) is 8.83. The molecule has 1 aliphatic rings. The van der Waals surface area contributed by atoms with Gasteiger partial charge in [0.2, 0.25) is 5.91 Å². The van der Waals surface area contributed by atoms with E-state index in [4.69, 9.17) is 4.74 Å². The van der Waals surface area contributed by atoms with Gasteiger partial charge in [0.1, 0.15) is 23.9 Å². The topological polar surface area (TPSA) is 78.9 Å². The van der Waals surface area contributed by atoms with E-state index in [2.05, 4.69) is 15.1 Å². The number of benzene rings is 3. The number of ether oxygens (including phenoxy) is 1. The first-order valence-electron chi connectivity index (χ1n) is 13.7. The SMILES string of the molecule is COc1cccc(-c2ccc(N3CCCN(C(=O)CN(Cc4ccc(F)cc4)C(=O)c4ccccc4F)CC3)nn2)c1. The molecule has 0 N–H and O–H groups in total. The first-order valence-corrected chi connectivity index (χ1v) is 13.7. The van der Waals surface area contributed by atoms with Gasteiger partial charge in [-0.1, -0.05) is 36.4 Å². The van der Waals surface area contributed by atoms with E-state index >= 15 is 0 Å². The molecule has 2 heterocycles. The van der Waals surface area contributed by atoms with Gasteiger partial charge in [-0.2, -0.15) is 0 Å². The second-order valence-electron chi connectivity index (χ2n) is 10.00. The zero-order valence-electron chi connectivity index (χ0n) is 23.2. The minimum atomic E-state index is -0.664. The molecule has 5 rings (SSSR count). The van der Waals surface area contributed by atoms with Crippen LogP contribution in [0.2, 0.25) is 0 Å². The number of aromatic nitrogens is 2. The van der Waals surface area contributed by atoms with Crippen LogP contribution in [-0.2, 0) is 11.3 Å². The van der Waals surface area contributed by atoms with Gasteiger partial charge in [0.05, 0.1) is 18.4 Å². The van der Waals surface area contributed by atoms with E-state index in [1.54, 1.807) is 30.2 Å². The molecule has 0 radical (unpaired) electrons. The highest BCUT2D eigenvalue weighted by Crippen LogP contribution is 2.23. The molecule has 0 atom stereocenters. The average Bonchev–Trinajstić information content (AvgIpc) is 3.28. The lowest BCUT2D eigenvalue weighted by Crippen LogP contribution is -2.44. The average molecular weight is 572 g/mol. The molecule has 0 saturated carbocycles. The van der Waals surface area contributed by atoms with Crippen LogP contribution in [0.1, 0.15) is 22.3 Å². The zero-order chi connectivity index (χ0) is 29.5. The smallest absolute Gasteiger partial charge is 0.257 e. The maximum absolute atomic E-state index is 14.5. The summed E-state index contributed by atoms with van der Waals surface area (Å²) in [7, 11) is 1.62. The molecule has 216 valence electrons. The standard InChI is InChI=1S/C32H31F2N5O3/c1-42-26-7-4-6-24(20-26)29-14-15-30(36-35-29)37-16-5-17-38(19-18-37)31(40)22-39(21-23-10-12-25(33)13-11-23)32(41)27-8-2-3-9-28(27)34/h2-4,6-15,20H,5,16-19,21-22H2,1H3. The first kappa shape index (κ1) is 28.7. The van der Waals surface area contributed by atoms with Crippen molar-refractivity contribution in [2.75, 3.05) is 44.7 Å². The molecule has 3 aromatic carbocycles. The Labute approximate surface area is 243 Å². The summed E-state index contributed by atoms with van der Waals surface area (Å²) in [4.78, 5) is 31.9. The summed E-state index contributed by atoms with van der Waals surface area (Å²) in [6.07, 6.45) is 0.699. The number of nitrogens with zero attached hydrogens (tertiary/aromatic N) is 5. The number of hydrogen-bond donors (Lipinski definition) is 0. The van der Waals surface area contributed by atoms with Crippen molar-refractivity contribution in [2.24, 2.45) is 0 Å². The first-order chi connectivity index (χ1) is 20.4. The van der Waals surface area contributed by atoms with Crippen molar-refractivity contribution in [2.45, 2.75) is 13.0 Å². The van der Waals surface area contributed by atoms with E-state index in [0.717, 1.165) is 17.0 Å². The molecule has 2 amide bonds. The van der Waals surface area contributed by atoms with Crippen molar-refractivity contribution in [3.05, 3.63) is 108 Å². The Morgan fingerprint density at radius 2 is 1.69 bits per heavy atom. The van der Waals surface area contributed by atoms with Gasteiger partial charge in [-0.15, -0.1) is 10.2 Å². The third kappa shape index (κ3) is 6.88. The molecule has 1 aliphatic heterocycles. The molecule has 0 bridgehead atoms. The van der Waals surface area contributed by atoms with Crippen LogP contribution in [0.3, 0.4) is 0 Å². The summed E-state index contributed by atoms with van der Waals surface area (Å²) in [6, 6.07) is 22.8. The highest BCUT2D eigenvalue weighted by Gasteiger charge is 2.26. The molecule has 1 aromatic heterocycles. The van der Waals surface area contributed by atoms with E-state index in [1.165, 1.54) is 35.2 Å². The van der Waals surface area contributed by atoms with Gasteiger partial charge in [0.25, 0.3) is 5.91 Å². The molecular weight excluding hydrogens is 540 g/mol. The number of carbonyl (C=O) groups is 2. The van der Waals surface area contributed by atoms with Gasteiger partial charge in [-0.05, 0) is 60.5 Å². The van der Waals surface area contributed by atoms with Crippen molar-refractivity contribution in [1.82, 2.24) is 20.0 Å². The van der Waals surface area contributed by atoms with Gasteiger partial charge in [-0.25, -0.2) is 8.78 Å². The molecule has 1 saturated heterocycles. The molecule has 0 unspecified atom stereocenters. The predicted octanol–water partition coefficient (Wildman–Crippen LogP) is 4.81. The Morgan fingerprint density at radius 3 is 2.43 bits per heavy atom. The molecule has 42 heavy (non-hydrogen) atoms. The number of hydrogen-bond acceptors (Lipinski definition) is 6. The number of rotatable bonds is 8. The van der Waals surface area contributed by atoms with Gasteiger partial charge in [0.15, 0.2) is 5.82 Å². The molecular formula is C32H31F2N5O3. The minimum Gasteiger partial charge on any atom is -0.497 e. The van der Waals surface area contributed by atoms with Crippen molar-refractivity contribution in [3.63, 3.8) is 0 Å².